The van der Waals surface area contributed by atoms with Crippen LogP contribution in [0.15, 0.2) is 82.6 Å². The third-order valence-corrected chi connectivity index (χ3v) is 8.01. The fourth-order valence-corrected chi connectivity index (χ4v) is 6.23. The summed E-state index contributed by atoms with van der Waals surface area (Å²) in [5.74, 6) is 0.310. The number of aromatic nitrogens is 4. The monoisotopic (exact) mass is 444 g/mol. The summed E-state index contributed by atoms with van der Waals surface area (Å²) < 4.78 is 28.0. The number of sulfone groups is 1. The van der Waals surface area contributed by atoms with E-state index in [-0.39, 0.29) is 26.7 Å². The van der Waals surface area contributed by atoms with Gasteiger partial charge in [-0.15, -0.1) is 10.2 Å². The van der Waals surface area contributed by atoms with Crippen LogP contribution in [0.2, 0.25) is 0 Å². The zero-order valence-corrected chi connectivity index (χ0v) is 17.4. The first-order valence-electron chi connectivity index (χ1n) is 9.35. The van der Waals surface area contributed by atoms with Crippen LogP contribution in [0.5, 0.6) is 0 Å². The Morgan fingerprint density at radius 3 is 2.35 bits per heavy atom. The van der Waals surface area contributed by atoms with Gasteiger partial charge >= 0.3 is 0 Å². The first kappa shape index (κ1) is 18.1. The Hall–Kier alpha value is -3.69. The zero-order valence-electron chi connectivity index (χ0n) is 15.8. The van der Waals surface area contributed by atoms with Crippen molar-refractivity contribution in [2.45, 2.75) is 9.79 Å². The normalized spacial score (nSPS) is 14.4. The lowest BCUT2D eigenvalue weighted by atomic mass is 10.0. The highest BCUT2D eigenvalue weighted by atomic mass is 32.2. The molecule has 9 heteroatoms. The molecule has 1 aliphatic rings. The fourth-order valence-electron chi connectivity index (χ4n) is 3.72. The molecule has 0 fully saturated rings. The second-order valence-corrected chi connectivity index (χ2v) is 9.87. The van der Waals surface area contributed by atoms with Crippen LogP contribution in [-0.2, 0) is 9.84 Å². The Balaban J connectivity index is 1.51. The molecule has 0 aliphatic carbocycles. The highest BCUT2D eigenvalue weighted by Crippen LogP contribution is 2.37. The standard InChI is InChI=1S/C22H12N4O3S2/c27-19-15-8-4-5-9-17(15)31(28,29)18-12-14(10-11-16(18)19)21-25-26-20(23-24-22(26)30-21)13-6-2-1-3-7-13/h1-12H. The lowest BCUT2D eigenvalue weighted by Crippen LogP contribution is -2.20. The average Bonchev–Trinajstić information content (AvgIpc) is 3.39. The molecule has 5 aromatic rings. The number of carbonyl (C=O) groups is 1. The van der Waals surface area contributed by atoms with E-state index < -0.39 is 9.84 Å². The number of ketones is 1. The fraction of sp³-hybridized carbons (Fsp3) is 0. The molecule has 31 heavy (non-hydrogen) atoms. The van der Waals surface area contributed by atoms with Crippen molar-refractivity contribution in [3.63, 3.8) is 0 Å². The molecule has 0 radical (unpaired) electrons. The first-order chi connectivity index (χ1) is 15.0. The van der Waals surface area contributed by atoms with Gasteiger partial charge in [0.1, 0.15) is 5.01 Å². The van der Waals surface area contributed by atoms with E-state index in [2.05, 4.69) is 15.3 Å². The van der Waals surface area contributed by atoms with Crippen molar-refractivity contribution in [1.29, 1.82) is 0 Å². The maximum absolute atomic E-state index is 13.2. The van der Waals surface area contributed by atoms with Crippen molar-refractivity contribution in [3.05, 3.63) is 83.9 Å². The van der Waals surface area contributed by atoms with Gasteiger partial charge in [-0.1, -0.05) is 59.9 Å². The summed E-state index contributed by atoms with van der Waals surface area (Å²) in [5, 5.41) is 13.6. The second-order valence-electron chi connectivity index (χ2n) is 7.03. The summed E-state index contributed by atoms with van der Waals surface area (Å²) in [6, 6.07) is 20.7. The summed E-state index contributed by atoms with van der Waals surface area (Å²) in [4.78, 5) is 13.5. The quantitative estimate of drug-likeness (QED) is 0.402. The van der Waals surface area contributed by atoms with Crippen LogP contribution in [-0.4, -0.2) is 34.0 Å². The van der Waals surface area contributed by atoms with E-state index in [4.69, 9.17) is 0 Å². The number of rotatable bonds is 2. The number of nitrogens with zero attached hydrogens (tertiary/aromatic N) is 4. The predicted octanol–water partition coefficient (Wildman–Crippen LogP) is 3.90. The number of benzene rings is 3. The Morgan fingerprint density at radius 2 is 1.52 bits per heavy atom. The molecule has 7 nitrogen and oxygen atoms in total. The van der Waals surface area contributed by atoms with Crippen LogP contribution in [0, 0.1) is 0 Å². The van der Waals surface area contributed by atoms with Gasteiger partial charge in [0.15, 0.2) is 11.6 Å². The first-order valence-corrected chi connectivity index (χ1v) is 11.6. The van der Waals surface area contributed by atoms with Gasteiger partial charge in [-0.3, -0.25) is 4.79 Å². The Labute approximate surface area is 180 Å². The number of carbonyl (C=O) groups excluding carboxylic acids is 1. The molecule has 3 aromatic carbocycles. The Kier molecular flexibility index (Phi) is 3.74. The summed E-state index contributed by atoms with van der Waals surface area (Å²) in [5.41, 5.74) is 1.86. The number of hydrogen-bond acceptors (Lipinski definition) is 7. The van der Waals surface area contributed by atoms with E-state index in [1.165, 1.54) is 23.5 Å². The van der Waals surface area contributed by atoms with E-state index >= 15 is 0 Å². The van der Waals surface area contributed by atoms with Gasteiger partial charge < -0.3 is 0 Å². The molecule has 0 N–H and O–H groups in total. The third-order valence-electron chi connectivity index (χ3n) is 5.21. The van der Waals surface area contributed by atoms with Crippen molar-refractivity contribution in [3.8, 4) is 22.0 Å². The molecule has 150 valence electrons. The van der Waals surface area contributed by atoms with Gasteiger partial charge in [-0.2, -0.15) is 9.61 Å². The van der Waals surface area contributed by atoms with Gasteiger partial charge in [-0.05, 0) is 24.3 Å². The third kappa shape index (κ3) is 2.60. The van der Waals surface area contributed by atoms with Crippen LogP contribution >= 0.6 is 11.3 Å². The topological polar surface area (TPSA) is 94.3 Å². The SMILES string of the molecule is O=C1c2ccccc2S(=O)(=O)c2cc(-c3nn4c(-c5ccccc5)nnc4s3)ccc21. The minimum Gasteiger partial charge on any atom is -0.289 e. The lowest BCUT2D eigenvalue weighted by Gasteiger charge is -2.19. The molecule has 2 aromatic heterocycles. The highest BCUT2D eigenvalue weighted by molar-refractivity contribution is 7.91. The molecular formula is C22H12N4O3S2. The summed E-state index contributed by atoms with van der Waals surface area (Å²) in [6.45, 7) is 0. The molecule has 0 amide bonds. The molecule has 0 spiro atoms. The van der Waals surface area contributed by atoms with Crippen molar-refractivity contribution >= 4 is 31.9 Å². The van der Waals surface area contributed by atoms with E-state index in [0.29, 0.717) is 21.4 Å². The van der Waals surface area contributed by atoms with Gasteiger partial charge in [0, 0.05) is 22.3 Å². The van der Waals surface area contributed by atoms with Crippen molar-refractivity contribution in [2.75, 3.05) is 0 Å². The molecule has 0 saturated heterocycles. The van der Waals surface area contributed by atoms with Gasteiger partial charge in [0.2, 0.25) is 14.8 Å². The minimum atomic E-state index is -3.81. The van der Waals surface area contributed by atoms with Crippen LogP contribution in [0.3, 0.4) is 0 Å². The van der Waals surface area contributed by atoms with E-state index in [9.17, 15) is 13.2 Å². The van der Waals surface area contributed by atoms with E-state index in [0.717, 1.165) is 5.56 Å². The molecule has 3 heterocycles. The summed E-state index contributed by atoms with van der Waals surface area (Å²) in [6.07, 6.45) is 0. The zero-order chi connectivity index (χ0) is 21.2. The average molecular weight is 444 g/mol. The predicted molar refractivity (Wildman–Crippen MR) is 115 cm³/mol. The maximum atomic E-state index is 13.2. The minimum absolute atomic E-state index is 0.00273. The van der Waals surface area contributed by atoms with Crippen molar-refractivity contribution < 1.29 is 13.2 Å². The van der Waals surface area contributed by atoms with Crippen LogP contribution in [0.25, 0.3) is 26.9 Å². The van der Waals surface area contributed by atoms with E-state index in [1.54, 1.807) is 34.8 Å². The van der Waals surface area contributed by atoms with Crippen LogP contribution in [0.4, 0.5) is 0 Å². The van der Waals surface area contributed by atoms with Gasteiger partial charge in [0.05, 0.1) is 9.79 Å². The maximum Gasteiger partial charge on any atom is 0.235 e. The Morgan fingerprint density at radius 1 is 0.774 bits per heavy atom. The molecule has 0 unspecified atom stereocenters. The molecule has 1 aliphatic heterocycles. The molecule has 6 rings (SSSR count). The van der Waals surface area contributed by atoms with E-state index in [1.807, 2.05) is 30.3 Å². The van der Waals surface area contributed by atoms with Crippen LogP contribution < -0.4 is 0 Å². The smallest absolute Gasteiger partial charge is 0.235 e. The van der Waals surface area contributed by atoms with Gasteiger partial charge in [-0.25, -0.2) is 8.42 Å². The van der Waals surface area contributed by atoms with Gasteiger partial charge in [0.25, 0.3) is 0 Å². The molecular weight excluding hydrogens is 432 g/mol. The second kappa shape index (κ2) is 6.40. The van der Waals surface area contributed by atoms with Crippen molar-refractivity contribution in [1.82, 2.24) is 19.8 Å². The largest absolute Gasteiger partial charge is 0.289 e. The lowest BCUT2D eigenvalue weighted by molar-refractivity contribution is 0.103. The highest BCUT2D eigenvalue weighted by Gasteiger charge is 2.34. The molecule has 0 bridgehead atoms. The Bertz CT molecular complexity index is 1620. The number of fused-ring (bicyclic) bond motifs is 3. The molecule has 0 atom stereocenters. The van der Waals surface area contributed by atoms with Crippen molar-refractivity contribution in [2.24, 2.45) is 0 Å². The summed E-state index contributed by atoms with van der Waals surface area (Å²) >= 11 is 1.30. The van der Waals surface area contributed by atoms with Crippen LogP contribution in [0.1, 0.15) is 15.9 Å². The summed E-state index contributed by atoms with van der Waals surface area (Å²) in [7, 11) is -3.81. The molecule has 0 saturated carbocycles. The number of hydrogen-bond donors (Lipinski definition) is 0.